The first kappa shape index (κ1) is 18.8. The molecule has 1 fully saturated rings. The molecule has 0 saturated carbocycles. The van der Waals surface area contributed by atoms with Crippen LogP contribution in [0.4, 0.5) is 10.5 Å². The molecule has 4 amide bonds. The molecule has 2 aromatic rings. The van der Waals surface area contributed by atoms with Crippen molar-refractivity contribution in [3.8, 4) is 11.5 Å². The van der Waals surface area contributed by atoms with Gasteiger partial charge in [0.15, 0.2) is 11.5 Å². The van der Waals surface area contributed by atoms with Crippen molar-refractivity contribution >= 4 is 23.5 Å². The van der Waals surface area contributed by atoms with Gasteiger partial charge in [-0.15, -0.1) is 0 Å². The number of benzene rings is 2. The second-order valence-electron chi connectivity index (χ2n) is 7.38. The zero-order chi connectivity index (χ0) is 20.8. The van der Waals surface area contributed by atoms with Crippen molar-refractivity contribution in [1.82, 2.24) is 10.2 Å². The van der Waals surface area contributed by atoms with Gasteiger partial charge in [-0.25, -0.2) is 4.79 Å². The quantitative estimate of drug-likeness (QED) is 0.775. The fraction of sp³-hybridized carbons (Fsp3) is 0.286. The Morgan fingerprint density at radius 3 is 2.69 bits per heavy atom. The van der Waals surface area contributed by atoms with Crippen LogP contribution in [0.1, 0.15) is 23.6 Å². The molecule has 1 atom stereocenters. The van der Waals surface area contributed by atoms with Gasteiger partial charge in [-0.2, -0.15) is 0 Å². The maximum Gasteiger partial charge on any atom is 0.325 e. The van der Waals surface area contributed by atoms with Crippen molar-refractivity contribution in [1.29, 1.82) is 0 Å². The van der Waals surface area contributed by atoms with E-state index in [1.54, 1.807) is 25.1 Å². The monoisotopic (exact) mass is 395 g/mol. The number of urea groups is 1. The van der Waals surface area contributed by atoms with Crippen LogP contribution in [0.25, 0.3) is 0 Å². The van der Waals surface area contributed by atoms with Crippen molar-refractivity contribution in [2.45, 2.75) is 26.3 Å². The molecular weight excluding hydrogens is 374 g/mol. The first-order chi connectivity index (χ1) is 13.8. The third-order valence-electron chi connectivity index (χ3n) is 5.19. The van der Waals surface area contributed by atoms with E-state index in [4.69, 9.17) is 9.47 Å². The van der Waals surface area contributed by atoms with Gasteiger partial charge in [0.25, 0.3) is 5.91 Å². The number of fused-ring (bicyclic) bond motifs is 1. The highest BCUT2D eigenvalue weighted by Gasteiger charge is 2.49. The third kappa shape index (κ3) is 3.26. The van der Waals surface area contributed by atoms with E-state index < -0.39 is 23.4 Å². The fourth-order valence-electron chi connectivity index (χ4n) is 3.45. The summed E-state index contributed by atoms with van der Waals surface area (Å²) in [6, 6.07) is 10.1. The topological polar surface area (TPSA) is 97.0 Å². The second kappa shape index (κ2) is 6.80. The van der Waals surface area contributed by atoms with Gasteiger partial charge in [0.05, 0.1) is 0 Å². The molecule has 0 aliphatic carbocycles. The van der Waals surface area contributed by atoms with E-state index in [2.05, 4.69) is 10.6 Å². The summed E-state index contributed by atoms with van der Waals surface area (Å²) in [5.74, 6) is 0.144. The smallest absolute Gasteiger partial charge is 0.325 e. The Hall–Kier alpha value is -3.55. The number of anilines is 1. The lowest BCUT2D eigenvalue weighted by molar-refractivity contribution is -0.133. The molecular formula is C21H21N3O5. The molecule has 0 radical (unpaired) electrons. The molecule has 29 heavy (non-hydrogen) atoms. The number of hydrogen-bond acceptors (Lipinski definition) is 5. The minimum atomic E-state index is -1.29. The average Bonchev–Trinajstić information content (AvgIpc) is 3.23. The molecule has 0 unspecified atom stereocenters. The van der Waals surface area contributed by atoms with E-state index in [1.807, 2.05) is 32.0 Å². The van der Waals surface area contributed by atoms with Crippen LogP contribution in [0.3, 0.4) is 0 Å². The largest absolute Gasteiger partial charge is 0.454 e. The maximum atomic E-state index is 13.0. The zero-order valence-electron chi connectivity index (χ0n) is 16.4. The van der Waals surface area contributed by atoms with Gasteiger partial charge in [-0.3, -0.25) is 14.5 Å². The number of carbonyl (C=O) groups is 3. The number of rotatable bonds is 4. The molecule has 4 rings (SSSR count). The summed E-state index contributed by atoms with van der Waals surface area (Å²) in [6.07, 6.45) is 0. The summed E-state index contributed by atoms with van der Waals surface area (Å²) < 4.78 is 10.6. The summed E-state index contributed by atoms with van der Waals surface area (Å²) in [7, 11) is 0. The highest BCUT2D eigenvalue weighted by atomic mass is 16.7. The van der Waals surface area contributed by atoms with Gasteiger partial charge >= 0.3 is 6.03 Å². The standard InChI is InChI=1S/C21H21N3O5/c1-12-4-5-13(2)15(8-12)22-18(25)10-24-19(26)21(3,23-20(24)27)14-6-7-16-17(9-14)29-11-28-16/h4-9H,10-11H2,1-3H3,(H,22,25)(H,23,27)/t21-/m1/s1. The van der Waals surface area contributed by atoms with Gasteiger partial charge in [0.1, 0.15) is 12.1 Å². The number of carbonyl (C=O) groups excluding carboxylic acids is 3. The molecule has 150 valence electrons. The van der Waals surface area contributed by atoms with Crippen LogP contribution in [-0.4, -0.2) is 36.1 Å². The van der Waals surface area contributed by atoms with E-state index in [9.17, 15) is 14.4 Å². The molecule has 0 spiro atoms. The highest BCUT2D eigenvalue weighted by Crippen LogP contribution is 2.37. The normalized spacial score (nSPS) is 20.0. The molecule has 2 aliphatic heterocycles. The number of hydrogen-bond donors (Lipinski definition) is 2. The Kier molecular flexibility index (Phi) is 4.41. The van der Waals surface area contributed by atoms with E-state index in [0.29, 0.717) is 22.7 Å². The summed E-state index contributed by atoms with van der Waals surface area (Å²) in [4.78, 5) is 38.9. The lowest BCUT2D eigenvalue weighted by Gasteiger charge is -2.22. The molecule has 8 heteroatoms. The lowest BCUT2D eigenvalue weighted by atomic mass is 9.91. The molecule has 2 heterocycles. The Bertz CT molecular complexity index is 1030. The summed E-state index contributed by atoms with van der Waals surface area (Å²) in [5.41, 5.74) is 1.80. The number of imide groups is 1. The van der Waals surface area contributed by atoms with Crippen LogP contribution in [-0.2, 0) is 15.1 Å². The van der Waals surface area contributed by atoms with E-state index >= 15 is 0 Å². The summed E-state index contributed by atoms with van der Waals surface area (Å²) in [6.45, 7) is 5.13. The molecule has 8 nitrogen and oxygen atoms in total. The number of aryl methyl sites for hydroxylation is 2. The molecule has 2 aromatic carbocycles. The van der Waals surface area contributed by atoms with Gasteiger partial charge in [-0.05, 0) is 55.7 Å². The highest BCUT2D eigenvalue weighted by molar-refractivity contribution is 6.10. The number of nitrogens with one attached hydrogen (secondary N) is 2. The maximum absolute atomic E-state index is 13.0. The lowest BCUT2D eigenvalue weighted by Crippen LogP contribution is -2.42. The molecule has 2 N–H and O–H groups in total. The van der Waals surface area contributed by atoms with Crippen molar-refractivity contribution < 1.29 is 23.9 Å². The third-order valence-corrected chi connectivity index (χ3v) is 5.19. The van der Waals surface area contributed by atoms with Crippen molar-refractivity contribution in [2.75, 3.05) is 18.7 Å². The van der Waals surface area contributed by atoms with Crippen LogP contribution in [0, 0.1) is 13.8 Å². The predicted octanol–water partition coefficient (Wildman–Crippen LogP) is 2.44. The van der Waals surface area contributed by atoms with Gasteiger partial charge in [0, 0.05) is 5.69 Å². The van der Waals surface area contributed by atoms with Crippen molar-refractivity contribution in [3.05, 3.63) is 53.1 Å². The van der Waals surface area contributed by atoms with Crippen molar-refractivity contribution in [2.24, 2.45) is 0 Å². The Balaban J connectivity index is 1.52. The number of amides is 4. The second-order valence-corrected chi connectivity index (χ2v) is 7.38. The molecule has 0 aromatic heterocycles. The Labute approximate surface area is 167 Å². The fourth-order valence-corrected chi connectivity index (χ4v) is 3.45. The van der Waals surface area contributed by atoms with E-state index in [-0.39, 0.29) is 13.3 Å². The molecule has 1 saturated heterocycles. The number of nitrogens with zero attached hydrogens (tertiary/aromatic N) is 1. The summed E-state index contributed by atoms with van der Waals surface area (Å²) >= 11 is 0. The van der Waals surface area contributed by atoms with E-state index in [1.165, 1.54) is 0 Å². The van der Waals surface area contributed by atoms with Crippen LogP contribution in [0.15, 0.2) is 36.4 Å². The predicted molar refractivity (Wildman–Crippen MR) is 105 cm³/mol. The average molecular weight is 395 g/mol. The SMILES string of the molecule is Cc1ccc(C)c(NC(=O)CN2C(=O)N[C@](C)(c3ccc4c(c3)OCO4)C2=O)c1. The zero-order valence-corrected chi connectivity index (χ0v) is 16.4. The van der Waals surface area contributed by atoms with E-state index in [0.717, 1.165) is 16.0 Å². The van der Waals surface area contributed by atoms with Crippen LogP contribution < -0.4 is 20.1 Å². The van der Waals surface area contributed by atoms with Crippen LogP contribution in [0.5, 0.6) is 11.5 Å². The van der Waals surface area contributed by atoms with Gasteiger partial charge < -0.3 is 20.1 Å². The van der Waals surface area contributed by atoms with Gasteiger partial charge in [-0.1, -0.05) is 18.2 Å². The van der Waals surface area contributed by atoms with Crippen molar-refractivity contribution in [3.63, 3.8) is 0 Å². The van der Waals surface area contributed by atoms with Gasteiger partial charge in [0.2, 0.25) is 12.7 Å². The van der Waals surface area contributed by atoms with Crippen LogP contribution in [0.2, 0.25) is 0 Å². The van der Waals surface area contributed by atoms with Crippen LogP contribution >= 0.6 is 0 Å². The minimum Gasteiger partial charge on any atom is -0.454 e. The first-order valence-electron chi connectivity index (χ1n) is 9.19. The Morgan fingerprint density at radius 2 is 1.90 bits per heavy atom. The first-order valence-corrected chi connectivity index (χ1v) is 9.19. The Morgan fingerprint density at radius 1 is 1.14 bits per heavy atom. The molecule has 2 aliphatic rings. The minimum absolute atomic E-state index is 0.112. The molecule has 0 bridgehead atoms. The number of ether oxygens (including phenoxy) is 2. The summed E-state index contributed by atoms with van der Waals surface area (Å²) in [5, 5.41) is 5.46.